The Morgan fingerprint density at radius 1 is 0.464 bits per heavy atom. The molecule has 0 spiro atoms. The highest BCUT2D eigenvalue weighted by molar-refractivity contribution is 9.10. The van der Waals surface area contributed by atoms with E-state index >= 15 is 0 Å². The highest BCUT2D eigenvalue weighted by atomic mass is 79.9. The fraction of sp³-hybridized carbons (Fsp3) is 0. The molecule has 1 N–H and O–H groups in total. The van der Waals surface area contributed by atoms with Gasteiger partial charge in [-0.15, -0.1) is 0 Å². The number of hydrogen-bond acceptors (Lipinski definition) is 1. The monoisotopic (exact) mass is 422 g/mol. The van der Waals surface area contributed by atoms with Crippen molar-refractivity contribution in [3.05, 3.63) is 89.4 Å². The number of phenols is 1. The molecule has 6 aromatic rings. The molecule has 1 nitrogen and oxygen atoms in total. The quantitative estimate of drug-likeness (QED) is 0.246. The second-order valence-corrected chi connectivity index (χ2v) is 8.24. The van der Waals surface area contributed by atoms with Crippen molar-refractivity contribution in [3.8, 4) is 5.75 Å². The molecule has 0 amide bonds. The van der Waals surface area contributed by atoms with E-state index in [0.29, 0.717) is 5.75 Å². The summed E-state index contributed by atoms with van der Waals surface area (Å²) in [6.07, 6.45) is 0. The van der Waals surface area contributed by atoms with Crippen molar-refractivity contribution in [2.45, 2.75) is 0 Å². The molecule has 28 heavy (non-hydrogen) atoms. The molecule has 6 aromatic carbocycles. The van der Waals surface area contributed by atoms with Gasteiger partial charge in [-0.25, -0.2) is 0 Å². The molecule has 0 bridgehead atoms. The molecule has 0 saturated heterocycles. The molecule has 0 saturated carbocycles. The molecule has 0 radical (unpaired) electrons. The highest BCUT2D eigenvalue weighted by Crippen LogP contribution is 2.40. The minimum absolute atomic E-state index is 0.298. The number of benzene rings is 6. The van der Waals surface area contributed by atoms with Gasteiger partial charge in [-0.3, -0.25) is 0 Å². The van der Waals surface area contributed by atoms with Crippen molar-refractivity contribution in [3.63, 3.8) is 0 Å². The van der Waals surface area contributed by atoms with Gasteiger partial charge >= 0.3 is 0 Å². The first kappa shape index (κ1) is 15.9. The zero-order chi connectivity index (χ0) is 18.8. The molecule has 0 aromatic heterocycles. The second kappa shape index (κ2) is 5.70. The second-order valence-electron chi connectivity index (χ2n) is 7.33. The lowest BCUT2D eigenvalue weighted by molar-refractivity contribution is 0.476. The summed E-state index contributed by atoms with van der Waals surface area (Å²) in [5, 5.41) is 22.2. The first-order chi connectivity index (χ1) is 13.7. The zero-order valence-electron chi connectivity index (χ0n) is 14.9. The summed E-state index contributed by atoms with van der Waals surface area (Å²) in [5.74, 6) is 0.298. The van der Waals surface area contributed by atoms with Crippen molar-refractivity contribution in [2.24, 2.45) is 0 Å². The summed E-state index contributed by atoms with van der Waals surface area (Å²) in [7, 11) is 0. The minimum Gasteiger partial charge on any atom is -0.508 e. The van der Waals surface area contributed by atoms with Crippen LogP contribution >= 0.6 is 15.9 Å². The molecule has 0 atom stereocenters. The van der Waals surface area contributed by atoms with Gasteiger partial charge in [-0.1, -0.05) is 76.6 Å². The molecular weight excluding hydrogens is 408 g/mol. The van der Waals surface area contributed by atoms with Gasteiger partial charge in [0.15, 0.2) is 0 Å². The summed E-state index contributed by atoms with van der Waals surface area (Å²) >= 11 is 3.60. The molecule has 0 unspecified atom stereocenters. The number of rotatable bonds is 0. The van der Waals surface area contributed by atoms with Crippen molar-refractivity contribution in [1.29, 1.82) is 0 Å². The number of fused-ring (bicyclic) bond motifs is 9. The van der Waals surface area contributed by atoms with Crippen LogP contribution < -0.4 is 0 Å². The van der Waals surface area contributed by atoms with Crippen LogP contribution in [0.2, 0.25) is 0 Å². The number of hydrogen-bond donors (Lipinski definition) is 1. The van der Waals surface area contributed by atoms with E-state index in [1.165, 1.54) is 48.5 Å². The average Bonchev–Trinajstić information content (AvgIpc) is 2.72. The predicted octanol–water partition coefficient (Wildman–Crippen LogP) is 7.92. The van der Waals surface area contributed by atoms with E-state index in [9.17, 15) is 5.11 Å². The van der Waals surface area contributed by atoms with Crippen LogP contribution in [0, 0.1) is 0 Å². The van der Waals surface area contributed by atoms with Crippen molar-refractivity contribution < 1.29 is 5.11 Å². The van der Waals surface area contributed by atoms with Crippen LogP contribution in [-0.2, 0) is 0 Å². The topological polar surface area (TPSA) is 20.2 Å². The molecule has 2 heteroatoms. The summed E-state index contributed by atoms with van der Waals surface area (Å²) < 4.78 is 1.09. The molecular formula is C26H15BrO. The van der Waals surface area contributed by atoms with Crippen LogP contribution in [0.25, 0.3) is 53.9 Å². The van der Waals surface area contributed by atoms with Crippen LogP contribution in [-0.4, -0.2) is 5.11 Å². The third kappa shape index (κ3) is 2.18. The number of phenolic OH excluding ortho intramolecular Hbond substituents is 1. The van der Waals surface area contributed by atoms with Gasteiger partial charge in [0.05, 0.1) is 0 Å². The highest BCUT2D eigenvalue weighted by Gasteiger charge is 2.11. The number of halogens is 1. The Morgan fingerprint density at radius 2 is 0.929 bits per heavy atom. The first-order valence-corrected chi connectivity index (χ1v) is 10.1. The van der Waals surface area contributed by atoms with Crippen LogP contribution in [0.4, 0.5) is 0 Å². The Morgan fingerprint density at radius 3 is 1.54 bits per heavy atom. The maximum atomic E-state index is 9.95. The fourth-order valence-corrected chi connectivity index (χ4v) is 4.86. The Bertz CT molecular complexity index is 1460. The fourth-order valence-electron chi connectivity index (χ4n) is 4.48. The van der Waals surface area contributed by atoms with E-state index in [4.69, 9.17) is 0 Å². The zero-order valence-corrected chi connectivity index (χ0v) is 16.5. The van der Waals surface area contributed by atoms with Crippen molar-refractivity contribution >= 4 is 69.8 Å². The lowest BCUT2D eigenvalue weighted by atomic mass is 9.91. The molecule has 0 aliphatic rings. The summed E-state index contributed by atoms with van der Waals surface area (Å²) in [4.78, 5) is 0. The standard InChI is InChI=1S/C26H15BrO/c27-20-9-11-22-18(13-20)7-5-15-1-3-17-4-2-16-6-8-19-14-21(28)10-12-23(19)25(16)26(17)24(15)22/h1-14,28H. The van der Waals surface area contributed by atoms with E-state index in [2.05, 4.69) is 82.7 Å². The Kier molecular flexibility index (Phi) is 3.24. The van der Waals surface area contributed by atoms with Crippen LogP contribution in [0.5, 0.6) is 5.75 Å². The lowest BCUT2D eigenvalue weighted by Crippen LogP contribution is -1.85. The van der Waals surface area contributed by atoms with Crippen LogP contribution in [0.3, 0.4) is 0 Å². The Hall–Kier alpha value is -3.10. The van der Waals surface area contributed by atoms with E-state index in [1.54, 1.807) is 6.07 Å². The molecule has 0 aliphatic heterocycles. The van der Waals surface area contributed by atoms with E-state index in [-0.39, 0.29) is 0 Å². The molecule has 0 heterocycles. The van der Waals surface area contributed by atoms with Gasteiger partial charge in [-0.2, -0.15) is 0 Å². The van der Waals surface area contributed by atoms with Gasteiger partial charge in [0, 0.05) is 4.47 Å². The molecule has 0 fully saturated rings. The van der Waals surface area contributed by atoms with Crippen molar-refractivity contribution in [1.82, 2.24) is 0 Å². The Balaban J connectivity index is 1.97. The smallest absolute Gasteiger partial charge is 0.116 e. The number of aromatic hydroxyl groups is 1. The van der Waals surface area contributed by atoms with E-state index < -0.39 is 0 Å². The third-order valence-corrected chi connectivity index (χ3v) is 6.22. The lowest BCUT2D eigenvalue weighted by Gasteiger charge is -2.13. The largest absolute Gasteiger partial charge is 0.508 e. The molecule has 0 aliphatic carbocycles. The van der Waals surface area contributed by atoms with Gasteiger partial charge in [0.1, 0.15) is 5.75 Å². The van der Waals surface area contributed by atoms with E-state index in [1.807, 2.05) is 12.1 Å². The maximum Gasteiger partial charge on any atom is 0.116 e. The Labute approximate surface area is 170 Å². The maximum absolute atomic E-state index is 9.95. The third-order valence-electron chi connectivity index (χ3n) is 5.72. The van der Waals surface area contributed by atoms with E-state index in [0.717, 1.165) is 9.86 Å². The predicted molar refractivity (Wildman–Crippen MR) is 123 cm³/mol. The minimum atomic E-state index is 0.298. The average molecular weight is 423 g/mol. The van der Waals surface area contributed by atoms with Gasteiger partial charge < -0.3 is 5.11 Å². The van der Waals surface area contributed by atoms with Crippen LogP contribution in [0.15, 0.2) is 89.4 Å². The normalized spacial score (nSPS) is 11.9. The first-order valence-electron chi connectivity index (χ1n) is 9.28. The molecule has 6 rings (SSSR count). The molecule has 132 valence electrons. The van der Waals surface area contributed by atoms with Gasteiger partial charge in [-0.05, 0) is 78.1 Å². The summed E-state index contributed by atoms with van der Waals surface area (Å²) in [5.41, 5.74) is 0. The SMILES string of the molecule is Oc1ccc2c(ccc3ccc4ccc5ccc6cc(Br)ccc6c5c4c32)c1. The van der Waals surface area contributed by atoms with Gasteiger partial charge in [0.25, 0.3) is 0 Å². The van der Waals surface area contributed by atoms with Gasteiger partial charge in [0.2, 0.25) is 0 Å². The summed E-state index contributed by atoms with van der Waals surface area (Å²) in [6, 6.07) is 29.6. The van der Waals surface area contributed by atoms with Crippen molar-refractivity contribution in [2.75, 3.05) is 0 Å². The summed E-state index contributed by atoms with van der Waals surface area (Å²) in [6.45, 7) is 0. The van der Waals surface area contributed by atoms with Crippen LogP contribution in [0.1, 0.15) is 0 Å².